The Balaban J connectivity index is 2.51. The number of hydrogen-bond donors (Lipinski definition) is 3. The molecule has 0 spiro atoms. The van der Waals surface area contributed by atoms with Crippen LogP contribution in [0.3, 0.4) is 0 Å². The molecule has 3 atom stereocenters. The molecule has 4 N–H and O–H groups in total. The third-order valence-corrected chi connectivity index (χ3v) is 2.57. The summed E-state index contributed by atoms with van der Waals surface area (Å²) in [6.45, 7) is 1.58. The van der Waals surface area contributed by atoms with Gasteiger partial charge in [0.2, 0.25) is 5.91 Å². The standard InChI is InChI=1S/C9H16N2O3/c1-5(10)8(12)11-7-4-2-3-6(7)9(13)14/h5-7H,2-4,10H2,1H3,(H,11,12)(H,13,14)/t5-,6+,7-/m1/s1. The molecule has 14 heavy (non-hydrogen) atoms. The molecule has 80 valence electrons. The molecule has 5 nitrogen and oxygen atoms in total. The third kappa shape index (κ3) is 2.45. The van der Waals surface area contributed by atoms with Gasteiger partial charge in [-0.1, -0.05) is 6.42 Å². The van der Waals surface area contributed by atoms with E-state index in [1.165, 1.54) is 0 Å². The number of nitrogens with one attached hydrogen (secondary N) is 1. The Morgan fingerprint density at radius 2 is 2.14 bits per heavy atom. The summed E-state index contributed by atoms with van der Waals surface area (Å²) in [5.74, 6) is -1.56. The second-order valence-corrected chi connectivity index (χ2v) is 3.78. The zero-order chi connectivity index (χ0) is 10.7. The second kappa shape index (κ2) is 4.41. The zero-order valence-electron chi connectivity index (χ0n) is 8.19. The Morgan fingerprint density at radius 1 is 1.50 bits per heavy atom. The fourth-order valence-corrected chi connectivity index (χ4v) is 1.74. The topological polar surface area (TPSA) is 92.4 Å². The molecule has 0 aromatic rings. The summed E-state index contributed by atoms with van der Waals surface area (Å²) in [4.78, 5) is 22.0. The molecule has 0 saturated heterocycles. The molecule has 0 unspecified atom stereocenters. The maximum atomic E-state index is 11.2. The molecule has 0 radical (unpaired) electrons. The Labute approximate surface area is 82.7 Å². The Bertz CT molecular complexity index is 240. The number of amides is 1. The van der Waals surface area contributed by atoms with E-state index in [9.17, 15) is 9.59 Å². The predicted molar refractivity (Wildman–Crippen MR) is 50.6 cm³/mol. The summed E-state index contributed by atoms with van der Waals surface area (Å²) in [5, 5.41) is 11.5. The van der Waals surface area contributed by atoms with Crippen molar-refractivity contribution in [3.05, 3.63) is 0 Å². The number of aliphatic carboxylic acids is 1. The van der Waals surface area contributed by atoms with Crippen molar-refractivity contribution in [2.45, 2.75) is 38.3 Å². The van der Waals surface area contributed by atoms with Crippen LogP contribution >= 0.6 is 0 Å². The maximum Gasteiger partial charge on any atom is 0.308 e. The minimum Gasteiger partial charge on any atom is -0.481 e. The van der Waals surface area contributed by atoms with Crippen molar-refractivity contribution in [1.82, 2.24) is 5.32 Å². The molecule has 0 heterocycles. The molecule has 0 aliphatic heterocycles. The summed E-state index contributed by atoms with van der Waals surface area (Å²) in [5.41, 5.74) is 5.38. The molecule has 0 aromatic heterocycles. The fourth-order valence-electron chi connectivity index (χ4n) is 1.74. The lowest BCUT2D eigenvalue weighted by Gasteiger charge is -2.18. The number of carboxylic acids is 1. The van der Waals surface area contributed by atoms with E-state index in [1.54, 1.807) is 6.92 Å². The second-order valence-electron chi connectivity index (χ2n) is 3.78. The number of rotatable bonds is 3. The molecule has 1 aliphatic carbocycles. The summed E-state index contributed by atoms with van der Waals surface area (Å²) < 4.78 is 0. The van der Waals surface area contributed by atoms with Crippen LogP contribution in [-0.4, -0.2) is 29.1 Å². The highest BCUT2D eigenvalue weighted by atomic mass is 16.4. The normalized spacial score (nSPS) is 28.4. The molecule has 1 amide bonds. The molecule has 0 bridgehead atoms. The highest BCUT2D eigenvalue weighted by Crippen LogP contribution is 2.25. The van der Waals surface area contributed by atoms with E-state index >= 15 is 0 Å². The van der Waals surface area contributed by atoms with Crippen molar-refractivity contribution in [3.63, 3.8) is 0 Å². The monoisotopic (exact) mass is 200 g/mol. The van der Waals surface area contributed by atoms with Crippen LogP contribution in [0.4, 0.5) is 0 Å². The Hall–Kier alpha value is -1.10. The largest absolute Gasteiger partial charge is 0.481 e. The molecule has 0 aromatic carbocycles. The fraction of sp³-hybridized carbons (Fsp3) is 0.778. The van der Waals surface area contributed by atoms with E-state index in [-0.39, 0.29) is 11.9 Å². The lowest BCUT2D eigenvalue weighted by Crippen LogP contribution is -2.46. The van der Waals surface area contributed by atoms with Gasteiger partial charge in [0.25, 0.3) is 0 Å². The van der Waals surface area contributed by atoms with Crippen LogP contribution in [0, 0.1) is 5.92 Å². The summed E-state index contributed by atoms with van der Waals surface area (Å²) in [7, 11) is 0. The molecule has 1 rings (SSSR count). The average Bonchev–Trinajstić information content (AvgIpc) is 2.52. The van der Waals surface area contributed by atoms with Gasteiger partial charge in [-0.05, 0) is 19.8 Å². The average molecular weight is 200 g/mol. The van der Waals surface area contributed by atoms with Gasteiger partial charge >= 0.3 is 5.97 Å². The van der Waals surface area contributed by atoms with Gasteiger partial charge in [0.1, 0.15) is 0 Å². The van der Waals surface area contributed by atoms with Gasteiger partial charge in [-0.3, -0.25) is 9.59 Å². The van der Waals surface area contributed by atoms with Gasteiger partial charge in [0.05, 0.1) is 12.0 Å². The van der Waals surface area contributed by atoms with Crippen molar-refractivity contribution in [3.8, 4) is 0 Å². The van der Waals surface area contributed by atoms with Crippen molar-refractivity contribution >= 4 is 11.9 Å². The van der Waals surface area contributed by atoms with E-state index in [0.717, 1.165) is 12.8 Å². The summed E-state index contributed by atoms with van der Waals surface area (Å²) in [6, 6.07) is -0.823. The Morgan fingerprint density at radius 3 is 2.64 bits per heavy atom. The van der Waals surface area contributed by atoms with Crippen LogP contribution in [-0.2, 0) is 9.59 Å². The minimum atomic E-state index is -0.836. The number of carboxylic acid groups (broad SMARTS) is 1. The van der Waals surface area contributed by atoms with Gasteiger partial charge in [-0.15, -0.1) is 0 Å². The molecule has 1 saturated carbocycles. The number of nitrogens with two attached hydrogens (primary N) is 1. The van der Waals surface area contributed by atoms with Gasteiger partial charge < -0.3 is 16.2 Å². The maximum absolute atomic E-state index is 11.2. The van der Waals surface area contributed by atoms with Crippen LogP contribution in [0.5, 0.6) is 0 Å². The van der Waals surface area contributed by atoms with Crippen molar-refractivity contribution in [2.75, 3.05) is 0 Å². The first kappa shape index (κ1) is 11.0. The predicted octanol–water partition coefficient (Wildman–Crippen LogP) is -0.297. The first-order valence-electron chi connectivity index (χ1n) is 4.81. The van der Waals surface area contributed by atoms with Crippen LogP contribution in [0.2, 0.25) is 0 Å². The third-order valence-electron chi connectivity index (χ3n) is 2.57. The highest BCUT2D eigenvalue weighted by Gasteiger charge is 2.34. The lowest BCUT2D eigenvalue weighted by atomic mass is 10.0. The SMILES string of the molecule is C[C@@H](N)C(=O)N[C@@H]1CCC[C@@H]1C(=O)O. The number of hydrogen-bond acceptors (Lipinski definition) is 3. The van der Waals surface area contributed by atoms with Crippen LogP contribution < -0.4 is 11.1 Å². The smallest absolute Gasteiger partial charge is 0.308 e. The molecular formula is C9H16N2O3. The van der Waals surface area contributed by atoms with E-state index in [2.05, 4.69) is 5.32 Å². The van der Waals surface area contributed by atoms with Crippen molar-refractivity contribution in [2.24, 2.45) is 11.7 Å². The molecular weight excluding hydrogens is 184 g/mol. The van der Waals surface area contributed by atoms with E-state index in [4.69, 9.17) is 10.8 Å². The molecule has 1 fully saturated rings. The first-order valence-corrected chi connectivity index (χ1v) is 4.81. The molecule has 1 aliphatic rings. The first-order chi connectivity index (χ1) is 6.52. The minimum absolute atomic E-state index is 0.244. The van der Waals surface area contributed by atoms with E-state index < -0.39 is 17.9 Å². The Kier molecular flexibility index (Phi) is 3.46. The number of carbonyl (C=O) groups is 2. The van der Waals surface area contributed by atoms with Gasteiger partial charge in [0.15, 0.2) is 0 Å². The summed E-state index contributed by atoms with van der Waals surface area (Å²) >= 11 is 0. The van der Waals surface area contributed by atoms with E-state index in [1.807, 2.05) is 0 Å². The van der Waals surface area contributed by atoms with Crippen LogP contribution in [0.1, 0.15) is 26.2 Å². The van der Waals surface area contributed by atoms with Crippen molar-refractivity contribution in [1.29, 1.82) is 0 Å². The molecule has 5 heteroatoms. The lowest BCUT2D eigenvalue weighted by molar-refractivity contribution is -0.142. The quantitative estimate of drug-likeness (QED) is 0.583. The van der Waals surface area contributed by atoms with Gasteiger partial charge in [-0.25, -0.2) is 0 Å². The highest BCUT2D eigenvalue weighted by molar-refractivity contribution is 5.82. The summed E-state index contributed by atoms with van der Waals surface area (Å²) in [6.07, 6.45) is 2.22. The van der Waals surface area contributed by atoms with Crippen LogP contribution in [0.15, 0.2) is 0 Å². The zero-order valence-corrected chi connectivity index (χ0v) is 8.19. The van der Waals surface area contributed by atoms with Crippen molar-refractivity contribution < 1.29 is 14.7 Å². The van der Waals surface area contributed by atoms with E-state index in [0.29, 0.717) is 6.42 Å². The van der Waals surface area contributed by atoms with Gasteiger partial charge in [0, 0.05) is 6.04 Å². The van der Waals surface area contributed by atoms with Crippen LogP contribution in [0.25, 0.3) is 0 Å². The van der Waals surface area contributed by atoms with Gasteiger partial charge in [-0.2, -0.15) is 0 Å². The number of carbonyl (C=O) groups excluding carboxylic acids is 1.